The van der Waals surface area contributed by atoms with Crippen LogP contribution in [0, 0.1) is 20.8 Å². The van der Waals surface area contributed by atoms with Crippen LogP contribution in [0.5, 0.6) is 5.75 Å². The Morgan fingerprint density at radius 3 is 2.34 bits per heavy atom. The van der Waals surface area contributed by atoms with Gasteiger partial charge in [-0.1, -0.05) is 73.7 Å². The normalized spacial score (nSPS) is 11.5. The molecule has 0 spiro atoms. The van der Waals surface area contributed by atoms with Crippen LogP contribution in [0.1, 0.15) is 41.2 Å². The first kappa shape index (κ1) is 26.0. The van der Waals surface area contributed by atoms with E-state index in [-0.39, 0.29) is 18.4 Å². The van der Waals surface area contributed by atoms with Gasteiger partial charge in [-0.2, -0.15) is 0 Å². The Labute approximate surface area is 209 Å². The topological polar surface area (TPSA) is 58.6 Å². The van der Waals surface area contributed by atoms with E-state index in [1.807, 2.05) is 100 Å². The summed E-state index contributed by atoms with van der Waals surface area (Å²) < 4.78 is 5.97. The van der Waals surface area contributed by atoms with E-state index < -0.39 is 6.04 Å². The van der Waals surface area contributed by atoms with Gasteiger partial charge in [0.1, 0.15) is 11.8 Å². The number of ether oxygens (including phenoxy) is 1. The van der Waals surface area contributed by atoms with Gasteiger partial charge in [-0.15, -0.1) is 0 Å². The summed E-state index contributed by atoms with van der Waals surface area (Å²) >= 11 is 0. The van der Waals surface area contributed by atoms with E-state index >= 15 is 0 Å². The van der Waals surface area contributed by atoms with Gasteiger partial charge in [-0.3, -0.25) is 9.59 Å². The quantitative estimate of drug-likeness (QED) is 0.420. The van der Waals surface area contributed by atoms with E-state index in [0.29, 0.717) is 25.3 Å². The Kier molecular flexibility index (Phi) is 9.47. The number of hydrogen-bond acceptors (Lipinski definition) is 3. The molecule has 0 aliphatic carbocycles. The van der Waals surface area contributed by atoms with Crippen molar-refractivity contribution >= 4 is 11.8 Å². The Balaban J connectivity index is 1.92. The summed E-state index contributed by atoms with van der Waals surface area (Å²) in [4.78, 5) is 28.7. The fourth-order valence-electron chi connectivity index (χ4n) is 3.98. The lowest BCUT2D eigenvalue weighted by atomic mass is 10.0. The van der Waals surface area contributed by atoms with Crippen molar-refractivity contribution in [3.63, 3.8) is 0 Å². The standard InChI is InChI=1S/C30H36N2O3/c1-5-17-31-30(34)27(19-25-12-7-6-8-13-25)32(20-26-14-10-9-11-23(26)3)29(33)21-35-28-18-22(2)15-16-24(28)4/h6-16,18,27H,5,17,19-21H2,1-4H3,(H,31,34)/t27-/m0/s1. The van der Waals surface area contributed by atoms with E-state index in [4.69, 9.17) is 4.74 Å². The summed E-state index contributed by atoms with van der Waals surface area (Å²) in [5.41, 5.74) is 5.12. The van der Waals surface area contributed by atoms with Crippen LogP contribution < -0.4 is 10.1 Å². The SMILES string of the molecule is CCCNC(=O)[C@H](Cc1ccccc1)N(Cc1ccccc1C)C(=O)COc1cc(C)ccc1C. The summed E-state index contributed by atoms with van der Waals surface area (Å²) in [5, 5.41) is 3.01. The molecule has 1 atom stereocenters. The average molecular weight is 473 g/mol. The molecule has 0 aliphatic rings. The summed E-state index contributed by atoms with van der Waals surface area (Å²) in [6.45, 7) is 8.75. The lowest BCUT2D eigenvalue weighted by Crippen LogP contribution is -2.51. The molecule has 5 nitrogen and oxygen atoms in total. The molecule has 0 fully saturated rings. The first-order valence-corrected chi connectivity index (χ1v) is 12.2. The van der Waals surface area contributed by atoms with Gasteiger partial charge in [-0.05, 0) is 61.1 Å². The fraction of sp³-hybridized carbons (Fsp3) is 0.333. The van der Waals surface area contributed by atoms with Crippen LogP contribution in [0.4, 0.5) is 0 Å². The number of carbonyl (C=O) groups excluding carboxylic acids is 2. The molecule has 3 aromatic carbocycles. The smallest absolute Gasteiger partial charge is 0.261 e. The molecule has 0 bridgehead atoms. The molecule has 0 saturated carbocycles. The van der Waals surface area contributed by atoms with E-state index in [1.54, 1.807) is 4.90 Å². The lowest BCUT2D eigenvalue weighted by molar-refractivity contribution is -0.142. The molecule has 0 aliphatic heterocycles. The predicted molar refractivity (Wildman–Crippen MR) is 140 cm³/mol. The molecule has 35 heavy (non-hydrogen) atoms. The second-order valence-corrected chi connectivity index (χ2v) is 9.00. The highest BCUT2D eigenvalue weighted by Crippen LogP contribution is 2.21. The average Bonchev–Trinajstić information content (AvgIpc) is 2.86. The maximum Gasteiger partial charge on any atom is 0.261 e. The number of carbonyl (C=O) groups is 2. The molecule has 0 unspecified atom stereocenters. The summed E-state index contributed by atoms with van der Waals surface area (Å²) in [6, 6.07) is 23.1. The van der Waals surface area contributed by atoms with Crippen LogP contribution in [0.2, 0.25) is 0 Å². The maximum absolute atomic E-state index is 13.7. The van der Waals surface area contributed by atoms with Crippen LogP contribution in [-0.4, -0.2) is 35.9 Å². The van der Waals surface area contributed by atoms with Gasteiger partial charge in [0.25, 0.3) is 5.91 Å². The van der Waals surface area contributed by atoms with Gasteiger partial charge < -0.3 is 15.0 Å². The van der Waals surface area contributed by atoms with Crippen LogP contribution in [0.25, 0.3) is 0 Å². The zero-order valence-electron chi connectivity index (χ0n) is 21.2. The van der Waals surface area contributed by atoms with Crippen molar-refractivity contribution < 1.29 is 14.3 Å². The summed E-state index contributed by atoms with van der Waals surface area (Å²) in [7, 11) is 0. The minimum Gasteiger partial charge on any atom is -0.483 e. The van der Waals surface area contributed by atoms with E-state index in [1.165, 1.54) is 0 Å². The Bertz CT molecular complexity index is 1130. The number of nitrogens with one attached hydrogen (secondary N) is 1. The monoisotopic (exact) mass is 472 g/mol. The van der Waals surface area contributed by atoms with Crippen molar-refractivity contribution in [3.05, 3.63) is 101 Å². The van der Waals surface area contributed by atoms with Crippen molar-refractivity contribution in [2.24, 2.45) is 0 Å². The largest absolute Gasteiger partial charge is 0.483 e. The molecule has 2 amide bonds. The number of nitrogens with zero attached hydrogens (tertiary/aromatic N) is 1. The molecule has 1 N–H and O–H groups in total. The van der Waals surface area contributed by atoms with Gasteiger partial charge in [0.05, 0.1) is 0 Å². The van der Waals surface area contributed by atoms with Gasteiger partial charge in [0.15, 0.2) is 6.61 Å². The van der Waals surface area contributed by atoms with Crippen molar-refractivity contribution in [3.8, 4) is 5.75 Å². The molecule has 3 aromatic rings. The van der Waals surface area contributed by atoms with Gasteiger partial charge in [-0.25, -0.2) is 0 Å². The van der Waals surface area contributed by atoms with Crippen molar-refractivity contribution in [2.45, 2.75) is 53.1 Å². The van der Waals surface area contributed by atoms with Gasteiger partial charge in [0.2, 0.25) is 5.91 Å². The first-order valence-electron chi connectivity index (χ1n) is 12.2. The number of amides is 2. The van der Waals surface area contributed by atoms with Crippen molar-refractivity contribution in [1.82, 2.24) is 10.2 Å². The molecule has 0 radical (unpaired) electrons. The van der Waals surface area contributed by atoms with E-state index in [0.717, 1.165) is 34.2 Å². The summed E-state index contributed by atoms with van der Waals surface area (Å²) in [6.07, 6.45) is 1.25. The third kappa shape index (κ3) is 7.44. The van der Waals surface area contributed by atoms with Crippen LogP contribution in [0.15, 0.2) is 72.8 Å². The number of benzene rings is 3. The summed E-state index contributed by atoms with van der Waals surface area (Å²) in [5.74, 6) is 0.315. The van der Waals surface area contributed by atoms with Gasteiger partial charge >= 0.3 is 0 Å². The number of aryl methyl sites for hydroxylation is 3. The highest BCUT2D eigenvalue weighted by atomic mass is 16.5. The molecule has 5 heteroatoms. The zero-order valence-corrected chi connectivity index (χ0v) is 21.2. The predicted octanol–water partition coefficient (Wildman–Crippen LogP) is 5.16. The van der Waals surface area contributed by atoms with E-state index in [2.05, 4.69) is 5.32 Å². The fourth-order valence-corrected chi connectivity index (χ4v) is 3.98. The van der Waals surface area contributed by atoms with Crippen molar-refractivity contribution in [2.75, 3.05) is 13.2 Å². The Hall–Kier alpha value is -3.60. The van der Waals surface area contributed by atoms with Crippen LogP contribution in [-0.2, 0) is 22.6 Å². The minimum absolute atomic E-state index is 0.136. The van der Waals surface area contributed by atoms with Crippen LogP contribution in [0.3, 0.4) is 0 Å². The lowest BCUT2D eigenvalue weighted by Gasteiger charge is -2.32. The number of rotatable bonds is 11. The highest BCUT2D eigenvalue weighted by Gasteiger charge is 2.30. The molecular formula is C30H36N2O3. The van der Waals surface area contributed by atoms with Crippen molar-refractivity contribution in [1.29, 1.82) is 0 Å². The molecule has 0 saturated heterocycles. The third-order valence-corrected chi connectivity index (χ3v) is 6.12. The molecule has 184 valence electrons. The minimum atomic E-state index is -0.654. The Morgan fingerprint density at radius 2 is 1.63 bits per heavy atom. The maximum atomic E-state index is 13.7. The molecular weight excluding hydrogens is 436 g/mol. The number of hydrogen-bond donors (Lipinski definition) is 1. The third-order valence-electron chi connectivity index (χ3n) is 6.12. The Morgan fingerprint density at radius 1 is 0.914 bits per heavy atom. The molecule has 3 rings (SSSR count). The zero-order chi connectivity index (χ0) is 25.2. The second-order valence-electron chi connectivity index (χ2n) is 9.00. The van der Waals surface area contributed by atoms with E-state index in [9.17, 15) is 9.59 Å². The highest BCUT2D eigenvalue weighted by molar-refractivity contribution is 5.88. The van der Waals surface area contributed by atoms with Gasteiger partial charge in [0, 0.05) is 19.5 Å². The second kappa shape index (κ2) is 12.7. The van der Waals surface area contributed by atoms with Crippen LogP contribution >= 0.6 is 0 Å². The first-order chi connectivity index (χ1) is 16.9. The molecule has 0 aromatic heterocycles. The molecule has 0 heterocycles.